The van der Waals surface area contributed by atoms with Crippen LogP contribution in [0.25, 0.3) is 0 Å². The van der Waals surface area contributed by atoms with Crippen molar-refractivity contribution in [3.05, 3.63) is 23.8 Å². The molecule has 0 bridgehead atoms. The highest BCUT2D eigenvalue weighted by Gasteiger charge is 2.37. The van der Waals surface area contributed by atoms with E-state index < -0.39 is 15.9 Å². The number of hydrogen-bond donors (Lipinski definition) is 1. The lowest BCUT2D eigenvalue weighted by Crippen LogP contribution is -2.44. The first-order valence-electron chi connectivity index (χ1n) is 9.63. The first-order chi connectivity index (χ1) is 13.8. The Labute approximate surface area is 169 Å². The van der Waals surface area contributed by atoms with Crippen LogP contribution in [0.4, 0.5) is 0 Å². The van der Waals surface area contributed by atoms with Gasteiger partial charge in [0.15, 0.2) is 21.3 Å². The summed E-state index contributed by atoms with van der Waals surface area (Å²) in [7, 11) is -3.15. The van der Waals surface area contributed by atoms with Crippen LogP contribution in [-0.2, 0) is 19.4 Å². The largest absolute Gasteiger partial charge is 0.486 e. The molecule has 3 aliphatic heterocycles. The first kappa shape index (κ1) is 19.7. The molecule has 0 spiro atoms. The standard InChI is InChI=1S/C19H23N3O6S/c1-12(13-2-4-16-17(10-13)28-8-7-27-16)20-19(24)15-3-5-18(23)22(21-15)14-6-9-29(25,26)11-14/h2,4,10,12,14H,3,5-9,11H2,1H3,(H,20,24). The van der Waals surface area contributed by atoms with E-state index in [1.165, 1.54) is 5.01 Å². The number of fused-ring (bicyclic) bond motifs is 1. The summed E-state index contributed by atoms with van der Waals surface area (Å²) in [5, 5.41) is 8.29. The molecule has 29 heavy (non-hydrogen) atoms. The molecule has 10 heteroatoms. The highest BCUT2D eigenvalue weighted by Crippen LogP contribution is 2.32. The molecule has 156 valence electrons. The van der Waals surface area contributed by atoms with E-state index in [-0.39, 0.29) is 47.9 Å². The Morgan fingerprint density at radius 3 is 2.72 bits per heavy atom. The van der Waals surface area contributed by atoms with E-state index in [1.54, 1.807) is 0 Å². The molecule has 2 unspecified atom stereocenters. The molecule has 1 fully saturated rings. The topological polar surface area (TPSA) is 114 Å². The number of hydrogen-bond acceptors (Lipinski definition) is 7. The van der Waals surface area contributed by atoms with Crippen molar-refractivity contribution in [2.24, 2.45) is 5.10 Å². The average Bonchev–Trinajstić information content (AvgIpc) is 3.07. The zero-order chi connectivity index (χ0) is 20.6. The summed E-state index contributed by atoms with van der Waals surface area (Å²) in [6.07, 6.45) is 0.718. The summed E-state index contributed by atoms with van der Waals surface area (Å²) in [4.78, 5) is 24.9. The molecule has 0 radical (unpaired) electrons. The number of amides is 2. The third-order valence-electron chi connectivity index (χ3n) is 5.29. The van der Waals surface area contributed by atoms with Gasteiger partial charge in [-0.15, -0.1) is 0 Å². The number of nitrogens with one attached hydrogen (secondary N) is 1. The minimum atomic E-state index is -3.15. The number of rotatable bonds is 4. The second-order valence-electron chi connectivity index (χ2n) is 7.44. The third kappa shape index (κ3) is 4.21. The van der Waals surface area contributed by atoms with Crippen LogP contribution in [0, 0.1) is 0 Å². The van der Waals surface area contributed by atoms with Gasteiger partial charge in [-0.05, 0) is 31.0 Å². The average molecular weight is 421 g/mol. The SMILES string of the molecule is CC(NC(=O)C1=NN(C2CCS(=O)(=O)C2)C(=O)CC1)c1ccc2c(c1)OCCO2. The van der Waals surface area contributed by atoms with Gasteiger partial charge in [-0.2, -0.15) is 5.10 Å². The molecule has 1 saturated heterocycles. The lowest BCUT2D eigenvalue weighted by Gasteiger charge is -2.28. The van der Waals surface area contributed by atoms with Gasteiger partial charge in [-0.25, -0.2) is 13.4 Å². The Morgan fingerprint density at radius 2 is 2.00 bits per heavy atom. The fourth-order valence-electron chi connectivity index (χ4n) is 3.68. The molecule has 2 atom stereocenters. The Morgan fingerprint density at radius 1 is 1.24 bits per heavy atom. The summed E-state index contributed by atoms with van der Waals surface area (Å²) in [6, 6.07) is 4.71. The van der Waals surface area contributed by atoms with Crippen LogP contribution >= 0.6 is 0 Å². The predicted molar refractivity (Wildman–Crippen MR) is 105 cm³/mol. The summed E-state index contributed by atoms with van der Waals surface area (Å²) in [5.41, 5.74) is 1.09. The highest BCUT2D eigenvalue weighted by molar-refractivity contribution is 7.91. The van der Waals surface area contributed by atoms with E-state index in [1.807, 2.05) is 25.1 Å². The Hall–Kier alpha value is -2.62. The Bertz CT molecular complexity index is 974. The van der Waals surface area contributed by atoms with E-state index in [4.69, 9.17) is 9.47 Å². The van der Waals surface area contributed by atoms with Gasteiger partial charge in [0, 0.05) is 12.8 Å². The van der Waals surface area contributed by atoms with E-state index in [0.717, 1.165) is 5.56 Å². The van der Waals surface area contributed by atoms with Crippen LogP contribution < -0.4 is 14.8 Å². The van der Waals surface area contributed by atoms with Gasteiger partial charge in [-0.3, -0.25) is 9.59 Å². The molecule has 0 aromatic heterocycles. The molecule has 0 saturated carbocycles. The number of carbonyl (C=O) groups is 2. The predicted octanol–water partition coefficient (Wildman–Crippen LogP) is 0.800. The van der Waals surface area contributed by atoms with Gasteiger partial charge in [0.1, 0.15) is 18.9 Å². The van der Waals surface area contributed by atoms with Crippen LogP contribution in [0.2, 0.25) is 0 Å². The number of nitrogens with zero attached hydrogens (tertiary/aromatic N) is 2. The van der Waals surface area contributed by atoms with Crippen LogP contribution in [-0.4, -0.2) is 61.7 Å². The summed E-state index contributed by atoms with van der Waals surface area (Å²) < 4.78 is 34.5. The van der Waals surface area contributed by atoms with Gasteiger partial charge >= 0.3 is 0 Å². The first-order valence-corrected chi connectivity index (χ1v) is 11.4. The molecule has 3 heterocycles. The van der Waals surface area contributed by atoms with E-state index in [0.29, 0.717) is 31.1 Å². The van der Waals surface area contributed by atoms with Gasteiger partial charge in [0.2, 0.25) is 5.91 Å². The fourth-order valence-corrected chi connectivity index (χ4v) is 5.37. The van der Waals surface area contributed by atoms with Crippen LogP contribution in [0.1, 0.15) is 37.8 Å². The maximum absolute atomic E-state index is 12.7. The quantitative estimate of drug-likeness (QED) is 0.769. The fraction of sp³-hybridized carbons (Fsp3) is 0.526. The van der Waals surface area contributed by atoms with Crippen molar-refractivity contribution >= 4 is 27.4 Å². The molecular weight excluding hydrogens is 398 g/mol. The third-order valence-corrected chi connectivity index (χ3v) is 7.04. The molecule has 1 aromatic rings. The van der Waals surface area contributed by atoms with Gasteiger partial charge in [0.05, 0.1) is 23.6 Å². The van der Waals surface area contributed by atoms with E-state index in [9.17, 15) is 18.0 Å². The summed E-state index contributed by atoms with van der Waals surface area (Å²) >= 11 is 0. The van der Waals surface area contributed by atoms with E-state index >= 15 is 0 Å². The number of sulfone groups is 1. The lowest BCUT2D eigenvalue weighted by molar-refractivity contribution is -0.133. The van der Waals surface area contributed by atoms with Crippen LogP contribution in [0.3, 0.4) is 0 Å². The second-order valence-corrected chi connectivity index (χ2v) is 9.67. The lowest BCUT2D eigenvalue weighted by atomic mass is 10.1. The van der Waals surface area contributed by atoms with Crippen molar-refractivity contribution in [3.8, 4) is 11.5 Å². The Balaban J connectivity index is 1.46. The van der Waals surface area contributed by atoms with Crippen LogP contribution in [0.15, 0.2) is 23.3 Å². The normalized spacial score (nSPS) is 24.0. The summed E-state index contributed by atoms with van der Waals surface area (Å²) in [5.74, 6) is 0.638. The van der Waals surface area contributed by atoms with Gasteiger partial charge in [0.25, 0.3) is 5.91 Å². The number of benzene rings is 1. The highest BCUT2D eigenvalue weighted by atomic mass is 32.2. The minimum Gasteiger partial charge on any atom is -0.486 e. The molecule has 0 aliphatic carbocycles. The number of carbonyl (C=O) groups excluding carboxylic acids is 2. The monoisotopic (exact) mass is 421 g/mol. The maximum Gasteiger partial charge on any atom is 0.267 e. The molecule has 2 amide bonds. The summed E-state index contributed by atoms with van der Waals surface area (Å²) in [6.45, 7) is 2.84. The maximum atomic E-state index is 12.7. The number of hydrazone groups is 1. The van der Waals surface area contributed by atoms with Crippen molar-refractivity contribution in [1.82, 2.24) is 10.3 Å². The van der Waals surface area contributed by atoms with Crippen molar-refractivity contribution in [1.29, 1.82) is 0 Å². The van der Waals surface area contributed by atoms with Crippen LogP contribution in [0.5, 0.6) is 11.5 Å². The zero-order valence-electron chi connectivity index (χ0n) is 16.1. The molecular formula is C19H23N3O6S. The second kappa shape index (κ2) is 7.66. The smallest absolute Gasteiger partial charge is 0.267 e. The molecule has 1 N–H and O–H groups in total. The zero-order valence-corrected chi connectivity index (χ0v) is 16.9. The minimum absolute atomic E-state index is 0.0413. The van der Waals surface area contributed by atoms with Crippen molar-refractivity contribution in [2.45, 2.75) is 38.3 Å². The molecule has 1 aromatic carbocycles. The van der Waals surface area contributed by atoms with E-state index in [2.05, 4.69) is 10.4 Å². The van der Waals surface area contributed by atoms with Crippen molar-refractivity contribution in [3.63, 3.8) is 0 Å². The van der Waals surface area contributed by atoms with Crippen molar-refractivity contribution < 1.29 is 27.5 Å². The van der Waals surface area contributed by atoms with Gasteiger partial charge in [-0.1, -0.05) is 6.07 Å². The van der Waals surface area contributed by atoms with Crippen molar-refractivity contribution in [2.75, 3.05) is 24.7 Å². The number of ether oxygens (including phenoxy) is 2. The van der Waals surface area contributed by atoms with Gasteiger partial charge < -0.3 is 14.8 Å². The molecule has 4 rings (SSSR count). The Kier molecular flexibility index (Phi) is 5.20. The molecule has 9 nitrogen and oxygen atoms in total. The molecule has 3 aliphatic rings.